The van der Waals surface area contributed by atoms with E-state index in [4.69, 9.17) is 4.74 Å². The number of hydrogen-bond acceptors (Lipinski definition) is 9. The third kappa shape index (κ3) is 9.60. The number of fused-ring (bicyclic) bond motifs is 1. The summed E-state index contributed by atoms with van der Waals surface area (Å²) in [5.41, 5.74) is 0.303. The Balaban J connectivity index is 1.46. The summed E-state index contributed by atoms with van der Waals surface area (Å²) in [6.45, 7) is 5.25. The average molecular weight is 668 g/mol. The van der Waals surface area contributed by atoms with Crippen LogP contribution in [0.1, 0.15) is 26.3 Å². The second-order valence-corrected chi connectivity index (χ2v) is 13.9. The first-order valence-electron chi connectivity index (χ1n) is 14.9. The van der Waals surface area contributed by atoms with Gasteiger partial charge in [-0.25, -0.2) is 0 Å². The lowest BCUT2D eigenvalue weighted by atomic mass is 9.99. The number of aliphatic hydroxyl groups is 1. The minimum Gasteiger partial charge on any atom is -0.483 e. The fraction of sp³-hybridized carbons (Fsp3) is 0.424. The number of hydrogen-bond donors (Lipinski definition) is 4. The molecule has 13 heteroatoms. The summed E-state index contributed by atoms with van der Waals surface area (Å²) in [4.78, 5) is 58.7. The van der Waals surface area contributed by atoms with Crippen LogP contribution in [0.15, 0.2) is 67.0 Å². The third-order valence-electron chi connectivity index (χ3n) is 7.21. The smallest absolute Gasteiger partial charge is 0.258 e. The van der Waals surface area contributed by atoms with E-state index in [-0.39, 0.29) is 30.6 Å². The maximum Gasteiger partial charge on any atom is 0.258 e. The number of aromatic nitrogens is 1. The molecule has 1 saturated heterocycles. The van der Waals surface area contributed by atoms with E-state index in [0.717, 1.165) is 16.3 Å². The van der Waals surface area contributed by atoms with Crippen LogP contribution in [0.3, 0.4) is 0 Å². The summed E-state index contributed by atoms with van der Waals surface area (Å²) >= 11 is 2.78. The molecule has 4 N–H and O–H groups in total. The molecule has 0 spiro atoms. The summed E-state index contributed by atoms with van der Waals surface area (Å²) in [5.74, 6) is -0.602. The number of thioether (sulfide) groups is 2. The molecule has 4 rings (SSSR count). The summed E-state index contributed by atoms with van der Waals surface area (Å²) < 4.78 is 5.78. The zero-order valence-electron chi connectivity index (χ0n) is 26.4. The van der Waals surface area contributed by atoms with Crippen LogP contribution < -0.4 is 20.7 Å². The van der Waals surface area contributed by atoms with Gasteiger partial charge in [0, 0.05) is 40.2 Å². The minimum absolute atomic E-state index is 0.151. The van der Waals surface area contributed by atoms with E-state index in [1.807, 2.05) is 57.2 Å². The Bertz CT molecular complexity index is 1510. The van der Waals surface area contributed by atoms with Crippen molar-refractivity contribution >= 4 is 57.9 Å². The highest BCUT2D eigenvalue weighted by molar-refractivity contribution is 7.99. The number of nitrogens with zero attached hydrogens (tertiary/aromatic N) is 2. The molecule has 0 bridgehead atoms. The first kappa shape index (κ1) is 35.1. The zero-order chi connectivity index (χ0) is 33.3. The van der Waals surface area contributed by atoms with Gasteiger partial charge >= 0.3 is 0 Å². The van der Waals surface area contributed by atoms with Gasteiger partial charge < -0.3 is 30.7 Å². The van der Waals surface area contributed by atoms with E-state index in [9.17, 15) is 24.3 Å². The molecule has 1 unspecified atom stereocenters. The summed E-state index contributed by atoms with van der Waals surface area (Å²) in [6.07, 6.45) is 3.67. The number of aliphatic hydroxyl groups excluding tert-OH is 1. The average Bonchev–Trinajstić information content (AvgIpc) is 3.53. The van der Waals surface area contributed by atoms with Crippen LogP contribution in [0.2, 0.25) is 0 Å². The Morgan fingerprint density at radius 3 is 2.57 bits per heavy atom. The number of carbonyl (C=O) groups is 4. The SMILES string of the molecule is CSC[C@H](NC(=O)COc1cccc2cnccc12)C(=O)NC(Cc1ccccc1)[C@H](O)C(=O)N1CSC[C@H]1C(=O)NC(C)(C)C. The molecule has 2 aromatic carbocycles. The quantitative estimate of drug-likeness (QED) is 0.216. The van der Waals surface area contributed by atoms with E-state index >= 15 is 0 Å². The number of rotatable bonds is 13. The lowest BCUT2D eigenvalue weighted by Gasteiger charge is -2.32. The lowest BCUT2D eigenvalue weighted by molar-refractivity contribution is -0.147. The van der Waals surface area contributed by atoms with E-state index in [0.29, 0.717) is 11.5 Å². The summed E-state index contributed by atoms with van der Waals surface area (Å²) in [6, 6.07) is 13.7. The molecule has 4 amide bonds. The Morgan fingerprint density at radius 1 is 1.09 bits per heavy atom. The molecule has 0 saturated carbocycles. The molecule has 46 heavy (non-hydrogen) atoms. The Morgan fingerprint density at radius 2 is 1.85 bits per heavy atom. The molecule has 246 valence electrons. The van der Waals surface area contributed by atoms with Crippen LogP contribution in [0.25, 0.3) is 10.8 Å². The molecular formula is C33H41N5O6S2. The summed E-state index contributed by atoms with van der Waals surface area (Å²) in [7, 11) is 0. The topological polar surface area (TPSA) is 150 Å². The van der Waals surface area contributed by atoms with Crippen LogP contribution in [0.4, 0.5) is 0 Å². The van der Waals surface area contributed by atoms with Crippen LogP contribution >= 0.6 is 23.5 Å². The minimum atomic E-state index is -1.64. The van der Waals surface area contributed by atoms with Crippen molar-refractivity contribution in [1.82, 2.24) is 25.8 Å². The monoisotopic (exact) mass is 667 g/mol. The number of ether oxygens (including phenoxy) is 1. The van der Waals surface area contributed by atoms with E-state index < -0.39 is 47.5 Å². The van der Waals surface area contributed by atoms with Gasteiger partial charge in [0.2, 0.25) is 11.8 Å². The van der Waals surface area contributed by atoms with Crippen LogP contribution in [0.5, 0.6) is 5.75 Å². The Kier molecular flexibility index (Phi) is 12.3. The Labute approximate surface area is 277 Å². The highest BCUT2D eigenvalue weighted by Gasteiger charge is 2.41. The van der Waals surface area contributed by atoms with Crippen molar-refractivity contribution in [3.05, 3.63) is 72.6 Å². The molecule has 1 fully saturated rings. The van der Waals surface area contributed by atoms with Crippen LogP contribution in [0, 0.1) is 0 Å². The lowest BCUT2D eigenvalue weighted by Crippen LogP contribution is -2.59. The Hall–Kier alpha value is -3.81. The molecule has 11 nitrogen and oxygen atoms in total. The molecule has 0 aliphatic carbocycles. The van der Waals surface area contributed by atoms with E-state index in [1.165, 1.54) is 28.4 Å². The van der Waals surface area contributed by atoms with Crippen LogP contribution in [-0.2, 0) is 25.6 Å². The van der Waals surface area contributed by atoms with Crippen molar-refractivity contribution in [2.24, 2.45) is 0 Å². The largest absolute Gasteiger partial charge is 0.483 e. The fourth-order valence-electron chi connectivity index (χ4n) is 5.01. The predicted molar refractivity (Wildman–Crippen MR) is 181 cm³/mol. The fourth-order valence-corrected chi connectivity index (χ4v) is 6.74. The highest BCUT2D eigenvalue weighted by Crippen LogP contribution is 2.25. The van der Waals surface area contributed by atoms with Crippen LogP contribution in [-0.4, -0.2) is 98.6 Å². The second-order valence-electron chi connectivity index (χ2n) is 12.0. The van der Waals surface area contributed by atoms with Crippen molar-refractivity contribution in [2.75, 3.05) is 30.2 Å². The molecule has 3 aromatic rings. The predicted octanol–water partition coefficient (Wildman–Crippen LogP) is 2.37. The third-order valence-corrected chi connectivity index (χ3v) is 8.89. The number of amides is 4. The molecule has 1 aromatic heterocycles. The molecule has 1 aliphatic heterocycles. The van der Waals surface area contributed by atoms with E-state index in [1.54, 1.807) is 36.8 Å². The van der Waals surface area contributed by atoms with Gasteiger partial charge in [0.15, 0.2) is 12.7 Å². The van der Waals surface area contributed by atoms with Gasteiger partial charge in [-0.2, -0.15) is 11.8 Å². The normalized spacial score (nSPS) is 16.7. The van der Waals surface area contributed by atoms with Gasteiger partial charge in [-0.3, -0.25) is 24.2 Å². The van der Waals surface area contributed by atoms with Crippen molar-refractivity contribution in [3.63, 3.8) is 0 Å². The number of nitrogens with one attached hydrogen (secondary N) is 3. The first-order chi connectivity index (χ1) is 22.0. The molecule has 0 radical (unpaired) electrons. The van der Waals surface area contributed by atoms with Gasteiger partial charge in [0.05, 0.1) is 11.9 Å². The molecule has 1 aliphatic rings. The standard InChI is InChI=1S/C33H41N5O6S2/c1-33(2,3)37-31(42)26-19-46-20-38(26)32(43)29(40)24(15-21-9-6-5-7-10-21)36-30(41)25(18-45-4)35-28(39)17-44-27-12-8-11-22-16-34-14-13-23(22)27/h5-14,16,24-26,29,40H,15,17-20H2,1-4H3,(H,35,39)(H,36,41)(H,37,42)/t24?,25-,26-,29-/m0/s1. The van der Waals surface area contributed by atoms with Crippen molar-refractivity contribution in [1.29, 1.82) is 0 Å². The number of benzene rings is 2. The van der Waals surface area contributed by atoms with Crippen molar-refractivity contribution in [3.8, 4) is 5.75 Å². The maximum atomic E-state index is 13.7. The van der Waals surface area contributed by atoms with Gasteiger partial charge in [0.25, 0.3) is 11.8 Å². The summed E-state index contributed by atoms with van der Waals surface area (Å²) in [5, 5.41) is 21.5. The first-order valence-corrected chi connectivity index (χ1v) is 17.5. The van der Waals surface area contributed by atoms with Gasteiger partial charge in [-0.1, -0.05) is 42.5 Å². The van der Waals surface area contributed by atoms with Gasteiger partial charge in [0.1, 0.15) is 17.8 Å². The van der Waals surface area contributed by atoms with Gasteiger partial charge in [-0.15, -0.1) is 11.8 Å². The maximum absolute atomic E-state index is 13.7. The number of pyridine rings is 1. The molecule has 2 heterocycles. The zero-order valence-corrected chi connectivity index (χ0v) is 28.0. The second kappa shape index (κ2) is 16.1. The number of carbonyl (C=O) groups excluding carboxylic acids is 4. The molecule has 4 atom stereocenters. The van der Waals surface area contributed by atoms with E-state index in [2.05, 4.69) is 20.9 Å². The van der Waals surface area contributed by atoms with Gasteiger partial charge in [-0.05, 0) is 51.1 Å². The molecular weight excluding hydrogens is 627 g/mol. The highest BCUT2D eigenvalue weighted by atomic mass is 32.2. The van der Waals surface area contributed by atoms with Crippen molar-refractivity contribution in [2.45, 2.75) is 57.0 Å². The van der Waals surface area contributed by atoms with Crippen molar-refractivity contribution < 1.29 is 29.0 Å².